The molecule has 1 heterocycles. The minimum atomic E-state index is -3.23. The van der Waals surface area contributed by atoms with Gasteiger partial charge in [0.2, 0.25) is 0 Å². The molecule has 1 aromatic carbocycles. The first-order chi connectivity index (χ1) is 9.63. The van der Waals surface area contributed by atoms with Crippen LogP contribution < -0.4 is 10.1 Å². The molecule has 112 valence electrons. The Morgan fingerprint density at radius 1 is 1.35 bits per heavy atom. The lowest BCUT2D eigenvalue weighted by molar-refractivity contribution is 0.277. The molecule has 0 bridgehead atoms. The third-order valence-corrected chi connectivity index (χ3v) is 5.56. The van der Waals surface area contributed by atoms with Crippen molar-refractivity contribution in [2.24, 2.45) is 5.92 Å². The lowest BCUT2D eigenvalue weighted by Crippen LogP contribution is -2.13. The largest absolute Gasteiger partial charge is 0.492 e. The van der Waals surface area contributed by atoms with Crippen molar-refractivity contribution in [1.29, 1.82) is 0 Å². The van der Waals surface area contributed by atoms with E-state index < -0.39 is 9.84 Å². The average Bonchev–Trinajstić information content (AvgIpc) is 2.92. The predicted octanol–water partition coefficient (Wildman–Crippen LogP) is 2.25. The maximum atomic E-state index is 12.2. The van der Waals surface area contributed by atoms with Gasteiger partial charge in [-0.1, -0.05) is 19.1 Å². The summed E-state index contributed by atoms with van der Waals surface area (Å²) in [6, 6.07) is 6.95. The van der Waals surface area contributed by atoms with Gasteiger partial charge in [-0.25, -0.2) is 8.42 Å². The second-order valence-electron chi connectivity index (χ2n) is 5.26. The van der Waals surface area contributed by atoms with Gasteiger partial charge in [0, 0.05) is 0 Å². The molecule has 20 heavy (non-hydrogen) atoms. The van der Waals surface area contributed by atoms with Crippen molar-refractivity contribution >= 4 is 9.84 Å². The van der Waals surface area contributed by atoms with Gasteiger partial charge in [0.1, 0.15) is 10.6 Å². The van der Waals surface area contributed by atoms with E-state index in [0.717, 1.165) is 19.5 Å². The standard InChI is InChI=1S/C15H23NO3S/c1-2-11-20(17,18)15-6-4-3-5-14(15)19-10-8-13-7-9-16-12-13/h3-6,13,16H,2,7-12H2,1H3. The molecule has 0 radical (unpaired) electrons. The first-order valence-electron chi connectivity index (χ1n) is 7.29. The second-order valence-corrected chi connectivity index (χ2v) is 7.34. The summed E-state index contributed by atoms with van der Waals surface area (Å²) < 4.78 is 30.1. The van der Waals surface area contributed by atoms with Crippen LogP contribution in [0.15, 0.2) is 29.2 Å². The highest BCUT2D eigenvalue weighted by Crippen LogP contribution is 2.25. The number of sulfone groups is 1. The van der Waals surface area contributed by atoms with Crippen LogP contribution in [0.4, 0.5) is 0 Å². The quantitative estimate of drug-likeness (QED) is 0.838. The average molecular weight is 297 g/mol. The molecule has 1 unspecified atom stereocenters. The maximum Gasteiger partial charge on any atom is 0.182 e. The zero-order valence-electron chi connectivity index (χ0n) is 12.0. The molecule has 0 aliphatic carbocycles. The Morgan fingerprint density at radius 2 is 2.15 bits per heavy atom. The van der Waals surface area contributed by atoms with E-state index in [-0.39, 0.29) is 5.75 Å². The van der Waals surface area contributed by atoms with E-state index in [4.69, 9.17) is 4.74 Å². The monoisotopic (exact) mass is 297 g/mol. The molecule has 0 saturated carbocycles. The highest BCUT2D eigenvalue weighted by Gasteiger charge is 2.19. The predicted molar refractivity (Wildman–Crippen MR) is 79.9 cm³/mol. The van der Waals surface area contributed by atoms with Gasteiger partial charge in [0.15, 0.2) is 9.84 Å². The van der Waals surface area contributed by atoms with Gasteiger partial charge < -0.3 is 10.1 Å². The SMILES string of the molecule is CCCS(=O)(=O)c1ccccc1OCCC1CCNC1. The smallest absolute Gasteiger partial charge is 0.182 e. The van der Waals surface area contributed by atoms with E-state index in [0.29, 0.717) is 29.6 Å². The van der Waals surface area contributed by atoms with Gasteiger partial charge in [0.05, 0.1) is 12.4 Å². The van der Waals surface area contributed by atoms with Gasteiger partial charge in [-0.05, 0) is 50.4 Å². The van der Waals surface area contributed by atoms with Crippen LogP contribution >= 0.6 is 0 Å². The number of rotatable bonds is 7. The van der Waals surface area contributed by atoms with Gasteiger partial charge >= 0.3 is 0 Å². The Balaban J connectivity index is 2.00. The molecular formula is C15H23NO3S. The van der Waals surface area contributed by atoms with Crippen LogP contribution in [-0.2, 0) is 9.84 Å². The summed E-state index contributed by atoms with van der Waals surface area (Å²) in [5.41, 5.74) is 0. The van der Waals surface area contributed by atoms with E-state index in [1.807, 2.05) is 13.0 Å². The molecule has 1 aromatic rings. The third kappa shape index (κ3) is 3.96. The summed E-state index contributed by atoms with van der Waals surface area (Å²) in [5.74, 6) is 1.31. The Labute approximate surface area is 121 Å². The van der Waals surface area contributed by atoms with Crippen molar-refractivity contribution in [2.75, 3.05) is 25.4 Å². The van der Waals surface area contributed by atoms with Crippen LogP contribution in [-0.4, -0.2) is 33.9 Å². The molecule has 5 heteroatoms. The van der Waals surface area contributed by atoms with Gasteiger partial charge in [-0.15, -0.1) is 0 Å². The van der Waals surface area contributed by atoms with E-state index >= 15 is 0 Å². The number of para-hydroxylation sites is 1. The van der Waals surface area contributed by atoms with E-state index in [9.17, 15) is 8.42 Å². The van der Waals surface area contributed by atoms with E-state index in [2.05, 4.69) is 5.32 Å². The number of benzene rings is 1. The van der Waals surface area contributed by atoms with Crippen LogP contribution in [0.5, 0.6) is 5.75 Å². The summed E-state index contributed by atoms with van der Waals surface area (Å²) in [4.78, 5) is 0.325. The minimum absolute atomic E-state index is 0.167. The third-order valence-electron chi connectivity index (χ3n) is 3.60. The highest BCUT2D eigenvalue weighted by molar-refractivity contribution is 7.91. The van der Waals surface area contributed by atoms with Crippen LogP contribution in [0, 0.1) is 5.92 Å². The fourth-order valence-electron chi connectivity index (χ4n) is 2.50. The van der Waals surface area contributed by atoms with E-state index in [1.54, 1.807) is 18.2 Å². The van der Waals surface area contributed by atoms with Crippen LogP contribution in [0.2, 0.25) is 0 Å². The first kappa shape index (κ1) is 15.3. The number of hydrogen-bond donors (Lipinski definition) is 1. The van der Waals surface area contributed by atoms with Crippen LogP contribution in [0.3, 0.4) is 0 Å². The normalized spacial score (nSPS) is 19.1. The lowest BCUT2D eigenvalue weighted by atomic mass is 10.1. The number of ether oxygens (including phenoxy) is 1. The maximum absolute atomic E-state index is 12.2. The molecule has 2 rings (SSSR count). The van der Waals surface area contributed by atoms with Gasteiger partial charge in [-0.3, -0.25) is 0 Å². The van der Waals surface area contributed by atoms with Gasteiger partial charge in [-0.2, -0.15) is 0 Å². The topological polar surface area (TPSA) is 55.4 Å². The Kier molecular flexibility index (Phi) is 5.43. The summed E-state index contributed by atoms with van der Waals surface area (Å²) in [7, 11) is -3.23. The van der Waals surface area contributed by atoms with Crippen molar-refractivity contribution in [3.05, 3.63) is 24.3 Å². The number of nitrogens with one attached hydrogen (secondary N) is 1. The van der Waals surface area contributed by atoms with Crippen molar-refractivity contribution in [3.63, 3.8) is 0 Å². The van der Waals surface area contributed by atoms with Crippen molar-refractivity contribution < 1.29 is 13.2 Å². The van der Waals surface area contributed by atoms with Crippen LogP contribution in [0.1, 0.15) is 26.2 Å². The lowest BCUT2D eigenvalue weighted by Gasteiger charge is -2.13. The number of hydrogen-bond acceptors (Lipinski definition) is 4. The Bertz CT molecular complexity index is 522. The zero-order chi connectivity index (χ0) is 14.4. The summed E-state index contributed by atoms with van der Waals surface area (Å²) in [5, 5.41) is 3.32. The highest BCUT2D eigenvalue weighted by atomic mass is 32.2. The summed E-state index contributed by atoms with van der Waals surface area (Å²) in [6.07, 6.45) is 2.76. The fourth-order valence-corrected chi connectivity index (χ4v) is 3.98. The summed E-state index contributed by atoms with van der Waals surface area (Å²) >= 11 is 0. The molecule has 1 saturated heterocycles. The molecule has 0 spiro atoms. The molecule has 1 N–H and O–H groups in total. The van der Waals surface area contributed by atoms with E-state index in [1.165, 1.54) is 6.42 Å². The molecular weight excluding hydrogens is 274 g/mol. The molecule has 1 aliphatic heterocycles. The fraction of sp³-hybridized carbons (Fsp3) is 0.600. The second kappa shape index (κ2) is 7.09. The molecule has 1 aliphatic rings. The Morgan fingerprint density at radius 3 is 2.85 bits per heavy atom. The zero-order valence-corrected chi connectivity index (χ0v) is 12.8. The molecule has 0 aromatic heterocycles. The molecule has 4 nitrogen and oxygen atoms in total. The summed E-state index contributed by atoms with van der Waals surface area (Å²) in [6.45, 7) is 4.56. The molecule has 1 atom stereocenters. The van der Waals surface area contributed by atoms with Crippen molar-refractivity contribution in [2.45, 2.75) is 31.1 Å². The van der Waals surface area contributed by atoms with Gasteiger partial charge in [0.25, 0.3) is 0 Å². The minimum Gasteiger partial charge on any atom is -0.492 e. The molecule has 0 amide bonds. The van der Waals surface area contributed by atoms with Crippen molar-refractivity contribution in [3.8, 4) is 5.75 Å². The Hall–Kier alpha value is -1.07. The first-order valence-corrected chi connectivity index (χ1v) is 8.94. The van der Waals surface area contributed by atoms with Crippen LogP contribution in [0.25, 0.3) is 0 Å². The molecule has 1 fully saturated rings. The van der Waals surface area contributed by atoms with Crippen molar-refractivity contribution in [1.82, 2.24) is 5.32 Å².